The van der Waals surface area contributed by atoms with Gasteiger partial charge in [-0.05, 0) is 12.8 Å². The van der Waals surface area contributed by atoms with Gasteiger partial charge in [0.1, 0.15) is 6.61 Å². The maximum atomic E-state index is 5.63. The van der Waals surface area contributed by atoms with Crippen molar-refractivity contribution in [3.63, 3.8) is 0 Å². The monoisotopic (exact) mass is 351 g/mol. The molecule has 1 aliphatic rings. The fraction of sp³-hybridized carbons (Fsp3) is 0.957. The average molecular weight is 352 g/mol. The number of aliphatic imine (C=N–C) groups is 1. The number of rotatable bonds is 18. The van der Waals surface area contributed by atoms with Gasteiger partial charge in [-0.25, -0.2) is 4.99 Å². The summed E-state index contributed by atoms with van der Waals surface area (Å²) in [5, 5.41) is 0. The molecule has 25 heavy (non-hydrogen) atoms. The third-order valence-electron chi connectivity index (χ3n) is 5.48. The molecular formula is C23H45NO. The van der Waals surface area contributed by atoms with Crippen molar-refractivity contribution in [2.45, 2.75) is 135 Å². The zero-order chi connectivity index (χ0) is 18.0. The summed E-state index contributed by atoms with van der Waals surface area (Å²) in [6.07, 6.45) is 25.0. The molecule has 0 aromatic rings. The predicted molar refractivity (Wildman–Crippen MR) is 112 cm³/mol. The first-order chi connectivity index (χ1) is 12.4. The zero-order valence-corrected chi connectivity index (χ0v) is 17.4. The number of nitrogens with zero attached hydrogens (tertiary/aromatic N) is 1. The molecular weight excluding hydrogens is 306 g/mol. The van der Waals surface area contributed by atoms with E-state index in [1.54, 1.807) is 0 Å². The smallest absolute Gasteiger partial charge is 0.183 e. The third kappa shape index (κ3) is 13.3. The van der Waals surface area contributed by atoms with Gasteiger partial charge in [0.05, 0.1) is 6.04 Å². The van der Waals surface area contributed by atoms with Gasteiger partial charge in [0.15, 0.2) is 5.90 Å². The van der Waals surface area contributed by atoms with E-state index in [0.29, 0.717) is 6.04 Å². The minimum Gasteiger partial charge on any atom is -0.479 e. The van der Waals surface area contributed by atoms with Crippen LogP contribution in [0.15, 0.2) is 4.99 Å². The van der Waals surface area contributed by atoms with Gasteiger partial charge in [-0.15, -0.1) is 0 Å². The number of hydrogen-bond acceptors (Lipinski definition) is 2. The second-order valence-electron chi connectivity index (χ2n) is 7.95. The molecule has 0 bridgehead atoms. The molecule has 1 heterocycles. The Morgan fingerprint density at radius 3 is 1.52 bits per heavy atom. The lowest BCUT2D eigenvalue weighted by Crippen LogP contribution is -2.03. The fourth-order valence-corrected chi connectivity index (χ4v) is 3.64. The largest absolute Gasteiger partial charge is 0.479 e. The molecule has 1 unspecified atom stereocenters. The van der Waals surface area contributed by atoms with Crippen molar-refractivity contribution in [3.8, 4) is 0 Å². The van der Waals surface area contributed by atoms with Crippen LogP contribution in [0.3, 0.4) is 0 Å². The molecule has 0 radical (unpaired) electrons. The average Bonchev–Trinajstić information content (AvgIpc) is 3.09. The summed E-state index contributed by atoms with van der Waals surface area (Å²) >= 11 is 0. The van der Waals surface area contributed by atoms with E-state index in [2.05, 4.69) is 18.8 Å². The van der Waals surface area contributed by atoms with Crippen LogP contribution in [0.5, 0.6) is 0 Å². The van der Waals surface area contributed by atoms with E-state index in [1.807, 2.05) is 0 Å². The molecule has 0 fully saturated rings. The Kier molecular flexibility index (Phi) is 15.2. The second kappa shape index (κ2) is 16.9. The Labute approximate surface area is 158 Å². The molecule has 0 N–H and O–H groups in total. The van der Waals surface area contributed by atoms with Crippen LogP contribution < -0.4 is 0 Å². The first-order valence-electron chi connectivity index (χ1n) is 11.6. The van der Waals surface area contributed by atoms with Gasteiger partial charge >= 0.3 is 0 Å². The van der Waals surface area contributed by atoms with E-state index in [1.165, 1.54) is 103 Å². The van der Waals surface area contributed by atoms with Crippen molar-refractivity contribution in [3.05, 3.63) is 0 Å². The van der Waals surface area contributed by atoms with Gasteiger partial charge in [0, 0.05) is 6.42 Å². The first-order valence-corrected chi connectivity index (χ1v) is 11.6. The topological polar surface area (TPSA) is 21.6 Å². The SMILES string of the molecule is CCCCCCCCCCCCCCCCCCC1=NC(CC)CO1. The quantitative estimate of drug-likeness (QED) is 0.230. The maximum Gasteiger partial charge on any atom is 0.183 e. The van der Waals surface area contributed by atoms with E-state index in [9.17, 15) is 0 Å². The van der Waals surface area contributed by atoms with E-state index in [4.69, 9.17) is 4.74 Å². The summed E-state index contributed by atoms with van der Waals surface area (Å²) in [6.45, 7) is 5.31. The molecule has 1 atom stereocenters. The van der Waals surface area contributed by atoms with Crippen LogP contribution in [-0.2, 0) is 4.74 Å². The Hall–Kier alpha value is -0.530. The van der Waals surface area contributed by atoms with Crippen LogP contribution in [-0.4, -0.2) is 18.5 Å². The summed E-state index contributed by atoms with van der Waals surface area (Å²) in [4.78, 5) is 4.61. The fourth-order valence-electron chi connectivity index (χ4n) is 3.64. The highest BCUT2D eigenvalue weighted by atomic mass is 16.5. The van der Waals surface area contributed by atoms with Gasteiger partial charge in [0.25, 0.3) is 0 Å². The van der Waals surface area contributed by atoms with Crippen LogP contribution in [0.4, 0.5) is 0 Å². The molecule has 0 amide bonds. The molecule has 148 valence electrons. The predicted octanol–water partition coefficient (Wildman–Crippen LogP) is 7.85. The highest BCUT2D eigenvalue weighted by Gasteiger charge is 2.15. The zero-order valence-electron chi connectivity index (χ0n) is 17.4. The Bertz CT molecular complexity index is 313. The highest BCUT2D eigenvalue weighted by molar-refractivity contribution is 5.77. The van der Waals surface area contributed by atoms with Crippen LogP contribution in [0.1, 0.15) is 129 Å². The van der Waals surface area contributed by atoms with Crippen molar-refractivity contribution in [1.82, 2.24) is 0 Å². The molecule has 0 aliphatic carbocycles. The molecule has 2 nitrogen and oxygen atoms in total. The van der Waals surface area contributed by atoms with E-state index < -0.39 is 0 Å². The Morgan fingerprint density at radius 1 is 0.680 bits per heavy atom. The summed E-state index contributed by atoms with van der Waals surface area (Å²) < 4.78 is 5.63. The Morgan fingerprint density at radius 2 is 1.12 bits per heavy atom. The number of hydrogen-bond donors (Lipinski definition) is 0. The normalized spacial score (nSPS) is 16.9. The minimum absolute atomic E-state index is 0.441. The van der Waals surface area contributed by atoms with Gasteiger partial charge in [-0.1, -0.05) is 110 Å². The van der Waals surface area contributed by atoms with Crippen LogP contribution in [0.2, 0.25) is 0 Å². The lowest BCUT2D eigenvalue weighted by Gasteiger charge is -2.04. The highest BCUT2D eigenvalue weighted by Crippen LogP contribution is 2.15. The summed E-state index contributed by atoms with van der Waals surface area (Å²) in [6, 6.07) is 0.441. The molecule has 0 aromatic carbocycles. The first kappa shape index (κ1) is 22.5. The van der Waals surface area contributed by atoms with Crippen LogP contribution in [0, 0.1) is 0 Å². The minimum atomic E-state index is 0.441. The molecule has 0 spiro atoms. The van der Waals surface area contributed by atoms with Crippen LogP contribution in [0.25, 0.3) is 0 Å². The van der Waals surface area contributed by atoms with Gasteiger partial charge in [-0.3, -0.25) is 0 Å². The van der Waals surface area contributed by atoms with E-state index in [0.717, 1.165) is 25.3 Å². The Balaban J connectivity index is 1.71. The molecule has 0 saturated heterocycles. The molecule has 0 aromatic heterocycles. The molecule has 1 rings (SSSR count). The lowest BCUT2D eigenvalue weighted by atomic mass is 10.0. The van der Waals surface area contributed by atoms with Crippen molar-refractivity contribution in [2.75, 3.05) is 6.61 Å². The molecule has 2 heteroatoms. The van der Waals surface area contributed by atoms with Gasteiger partial charge < -0.3 is 4.74 Å². The molecule has 1 aliphatic heterocycles. The van der Waals surface area contributed by atoms with Crippen molar-refractivity contribution < 1.29 is 4.74 Å². The van der Waals surface area contributed by atoms with Gasteiger partial charge in [-0.2, -0.15) is 0 Å². The van der Waals surface area contributed by atoms with E-state index >= 15 is 0 Å². The third-order valence-corrected chi connectivity index (χ3v) is 5.48. The summed E-state index contributed by atoms with van der Waals surface area (Å²) in [7, 11) is 0. The maximum absolute atomic E-state index is 5.63. The van der Waals surface area contributed by atoms with Gasteiger partial charge in [0.2, 0.25) is 0 Å². The summed E-state index contributed by atoms with van der Waals surface area (Å²) in [5.74, 6) is 1.03. The van der Waals surface area contributed by atoms with Crippen molar-refractivity contribution in [2.24, 2.45) is 4.99 Å². The molecule has 0 saturated carbocycles. The number of ether oxygens (including phenoxy) is 1. The van der Waals surface area contributed by atoms with Crippen molar-refractivity contribution in [1.29, 1.82) is 0 Å². The standard InChI is InChI=1S/C23H45NO/c1-3-5-6-7-8-9-10-11-12-13-14-15-16-17-18-19-20-23-24-22(4-2)21-25-23/h22H,3-21H2,1-2H3. The summed E-state index contributed by atoms with van der Waals surface area (Å²) in [5.41, 5.74) is 0. The second-order valence-corrected chi connectivity index (χ2v) is 7.95. The number of unbranched alkanes of at least 4 members (excludes halogenated alkanes) is 15. The van der Waals surface area contributed by atoms with Crippen molar-refractivity contribution >= 4 is 5.90 Å². The lowest BCUT2D eigenvalue weighted by molar-refractivity contribution is 0.306. The van der Waals surface area contributed by atoms with E-state index in [-0.39, 0.29) is 0 Å². The van der Waals surface area contributed by atoms with Crippen LogP contribution >= 0.6 is 0 Å².